The van der Waals surface area contributed by atoms with Crippen molar-refractivity contribution < 1.29 is 32.0 Å². The summed E-state index contributed by atoms with van der Waals surface area (Å²) in [5, 5.41) is 0. The molecule has 0 heterocycles. The summed E-state index contributed by atoms with van der Waals surface area (Å²) >= 11 is 0. The summed E-state index contributed by atoms with van der Waals surface area (Å²) in [4.78, 5) is 17.7. The molecule has 0 amide bonds. The highest BCUT2D eigenvalue weighted by atomic mass is 32.2. The third-order valence-corrected chi connectivity index (χ3v) is 5.67. The minimum atomic E-state index is -4.65. The number of rotatable bonds is 11. The third-order valence-electron chi connectivity index (χ3n) is 3.74. The van der Waals surface area contributed by atoms with E-state index in [4.69, 9.17) is 14.5 Å². The van der Waals surface area contributed by atoms with Gasteiger partial charge in [-0.1, -0.05) is 13.8 Å². The zero-order valence-electron chi connectivity index (χ0n) is 14.7. The van der Waals surface area contributed by atoms with Gasteiger partial charge in [-0.15, -0.1) is 0 Å². The molecule has 0 saturated carbocycles. The van der Waals surface area contributed by atoms with Crippen LogP contribution < -0.4 is 0 Å². The van der Waals surface area contributed by atoms with Crippen LogP contribution in [0.3, 0.4) is 0 Å². The van der Waals surface area contributed by atoms with Crippen LogP contribution in [-0.2, 0) is 23.8 Å². The minimum Gasteiger partial charge on any atom is -0.371 e. The maximum absolute atomic E-state index is 12.1. The van der Waals surface area contributed by atoms with Crippen molar-refractivity contribution >= 4 is 17.8 Å². The number of nitrogens with zero attached hydrogens (tertiary/aromatic N) is 1. The second-order valence-electron chi connectivity index (χ2n) is 6.22. The first-order valence-electron chi connectivity index (χ1n) is 7.56. The molecule has 23 heavy (non-hydrogen) atoms. The summed E-state index contributed by atoms with van der Waals surface area (Å²) in [5.74, 6) is 0. The molecule has 2 N–H and O–H groups in total. The smallest absolute Gasteiger partial charge is 0.371 e. The van der Waals surface area contributed by atoms with Gasteiger partial charge in [-0.2, -0.15) is 4.31 Å². The fraction of sp³-hybridized carbons (Fsp3) is 1.00. The molecule has 8 nitrogen and oxygen atoms in total. The van der Waals surface area contributed by atoms with Gasteiger partial charge in [0.15, 0.2) is 0 Å². The van der Waals surface area contributed by atoms with Crippen LogP contribution >= 0.6 is 7.82 Å². The molecule has 0 aromatic rings. The second-order valence-corrected chi connectivity index (χ2v) is 9.37. The van der Waals surface area contributed by atoms with E-state index in [1.54, 1.807) is 20.8 Å². The summed E-state index contributed by atoms with van der Waals surface area (Å²) in [6.45, 7) is 8.73. The van der Waals surface area contributed by atoms with Crippen molar-refractivity contribution in [2.24, 2.45) is 0 Å². The zero-order valence-corrected chi connectivity index (χ0v) is 16.4. The van der Waals surface area contributed by atoms with Crippen LogP contribution in [0.15, 0.2) is 0 Å². The molecule has 140 valence electrons. The Kier molecular flexibility index (Phi) is 8.89. The summed E-state index contributed by atoms with van der Waals surface area (Å²) < 4.78 is 46.6. The minimum absolute atomic E-state index is 0.0377. The van der Waals surface area contributed by atoms with Gasteiger partial charge in [0, 0.05) is 12.1 Å². The number of hydrogen-bond acceptors (Lipinski definition) is 5. The van der Waals surface area contributed by atoms with E-state index in [1.807, 2.05) is 13.8 Å². The Bertz CT molecular complexity index is 502. The lowest BCUT2D eigenvalue weighted by atomic mass is 10.0. The molecule has 2 atom stereocenters. The van der Waals surface area contributed by atoms with Gasteiger partial charge >= 0.3 is 7.82 Å². The lowest BCUT2D eigenvalue weighted by Gasteiger charge is -2.38. The molecule has 0 aliphatic rings. The van der Waals surface area contributed by atoms with E-state index < -0.39 is 29.5 Å². The van der Waals surface area contributed by atoms with Crippen molar-refractivity contribution in [3.05, 3.63) is 0 Å². The van der Waals surface area contributed by atoms with Crippen LogP contribution in [-0.4, -0.2) is 59.7 Å². The molecule has 0 rings (SSSR count). The first-order chi connectivity index (χ1) is 10.2. The Morgan fingerprint density at radius 3 is 2.13 bits per heavy atom. The van der Waals surface area contributed by atoms with E-state index in [0.717, 1.165) is 6.26 Å². The molecule has 0 fully saturated rings. The number of sulfonamides is 1. The van der Waals surface area contributed by atoms with Gasteiger partial charge in [-0.05, 0) is 33.6 Å². The summed E-state index contributed by atoms with van der Waals surface area (Å²) in [7, 11) is -8.17. The van der Waals surface area contributed by atoms with E-state index in [-0.39, 0.29) is 19.3 Å². The maximum atomic E-state index is 12.1. The topological polar surface area (TPSA) is 113 Å². The highest BCUT2D eigenvalue weighted by molar-refractivity contribution is 7.88. The van der Waals surface area contributed by atoms with Crippen LogP contribution in [0.4, 0.5) is 0 Å². The molecule has 0 aromatic heterocycles. The SMILES string of the molecule is CC[C@H](C)O[C@H](COP(=O)(O)O)CN(C(C)(C)CC)S(C)(=O)=O. The van der Waals surface area contributed by atoms with Gasteiger partial charge in [0.25, 0.3) is 0 Å². The van der Waals surface area contributed by atoms with E-state index >= 15 is 0 Å². The normalized spacial score (nSPS) is 16.6. The second kappa shape index (κ2) is 8.89. The highest BCUT2D eigenvalue weighted by Crippen LogP contribution is 2.36. The zero-order chi connectivity index (χ0) is 18.5. The predicted octanol–water partition coefficient (Wildman–Crippen LogP) is 1.73. The van der Waals surface area contributed by atoms with Gasteiger partial charge in [-0.25, -0.2) is 13.0 Å². The van der Waals surface area contributed by atoms with Crippen LogP contribution in [0.1, 0.15) is 47.5 Å². The molecule has 0 spiro atoms. The maximum Gasteiger partial charge on any atom is 0.469 e. The molecule has 0 saturated heterocycles. The van der Waals surface area contributed by atoms with E-state index in [0.29, 0.717) is 12.8 Å². The monoisotopic (exact) mass is 375 g/mol. The Hall–Kier alpha value is -0.0200. The molecule has 0 aliphatic carbocycles. The molecule has 10 heteroatoms. The summed E-state index contributed by atoms with van der Waals surface area (Å²) in [5.41, 5.74) is -0.646. The Morgan fingerprint density at radius 2 is 1.78 bits per heavy atom. The standard InChI is InChI=1S/C13H30NO7PS/c1-7-11(3)21-12(10-20-22(15,16)17)9-14(23(6,18)19)13(4,5)8-2/h11-12H,7-10H2,1-6H3,(H2,15,16,17)/t11-,12-/m0/s1. The quantitative estimate of drug-likeness (QED) is 0.529. The van der Waals surface area contributed by atoms with Crippen molar-refractivity contribution in [2.75, 3.05) is 19.4 Å². The van der Waals surface area contributed by atoms with Crippen LogP contribution in [0, 0.1) is 0 Å². The number of phosphoric ester groups is 1. The van der Waals surface area contributed by atoms with Crippen molar-refractivity contribution in [1.29, 1.82) is 0 Å². The fourth-order valence-corrected chi connectivity index (χ4v) is 3.76. The van der Waals surface area contributed by atoms with Crippen molar-refractivity contribution in [2.45, 2.75) is 65.2 Å². The average molecular weight is 375 g/mol. The van der Waals surface area contributed by atoms with Crippen LogP contribution in [0.5, 0.6) is 0 Å². The van der Waals surface area contributed by atoms with E-state index in [9.17, 15) is 13.0 Å². The lowest BCUT2D eigenvalue weighted by molar-refractivity contribution is -0.0453. The van der Waals surface area contributed by atoms with E-state index in [2.05, 4.69) is 4.52 Å². The number of ether oxygens (including phenoxy) is 1. The lowest BCUT2D eigenvalue weighted by Crippen LogP contribution is -2.51. The molecule has 0 unspecified atom stereocenters. The van der Waals surface area contributed by atoms with Crippen molar-refractivity contribution in [3.63, 3.8) is 0 Å². The van der Waals surface area contributed by atoms with Crippen LogP contribution in [0.25, 0.3) is 0 Å². The van der Waals surface area contributed by atoms with Crippen molar-refractivity contribution in [3.8, 4) is 0 Å². The van der Waals surface area contributed by atoms with Gasteiger partial charge in [-0.3, -0.25) is 4.52 Å². The Labute approximate surface area is 139 Å². The van der Waals surface area contributed by atoms with Crippen LogP contribution in [0.2, 0.25) is 0 Å². The van der Waals surface area contributed by atoms with Gasteiger partial charge in [0.05, 0.1) is 25.1 Å². The molecular formula is C13H30NO7PS. The molecule has 0 bridgehead atoms. The van der Waals surface area contributed by atoms with Crippen molar-refractivity contribution in [1.82, 2.24) is 4.31 Å². The molecule has 0 radical (unpaired) electrons. The molecule has 0 aliphatic heterocycles. The first-order valence-corrected chi connectivity index (χ1v) is 10.9. The first kappa shape index (κ1) is 23.0. The van der Waals surface area contributed by atoms with Gasteiger partial charge in [0.1, 0.15) is 0 Å². The Balaban J connectivity index is 5.31. The van der Waals surface area contributed by atoms with Gasteiger partial charge in [0.2, 0.25) is 10.0 Å². The Morgan fingerprint density at radius 1 is 1.26 bits per heavy atom. The highest BCUT2D eigenvalue weighted by Gasteiger charge is 2.35. The molecular weight excluding hydrogens is 345 g/mol. The number of phosphoric acid groups is 1. The van der Waals surface area contributed by atoms with Gasteiger partial charge < -0.3 is 14.5 Å². The summed E-state index contributed by atoms with van der Waals surface area (Å²) in [6.07, 6.45) is 1.40. The fourth-order valence-electron chi connectivity index (χ4n) is 1.93. The molecule has 0 aromatic carbocycles. The van der Waals surface area contributed by atoms with E-state index in [1.165, 1.54) is 4.31 Å². The number of hydrogen-bond donors (Lipinski definition) is 2. The summed E-state index contributed by atoms with van der Waals surface area (Å²) in [6, 6.07) is 0. The third kappa shape index (κ3) is 9.14. The largest absolute Gasteiger partial charge is 0.469 e. The predicted molar refractivity (Wildman–Crippen MR) is 88.5 cm³/mol. The average Bonchev–Trinajstić information content (AvgIpc) is 2.38.